The maximum absolute atomic E-state index is 5.20. The molecule has 0 amide bonds. The first kappa shape index (κ1) is 17.1. The maximum atomic E-state index is 5.20. The van der Waals surface area contributed by atoms with Crippen LogP contribution in [0.4, 0.5) is 0 Å². The van der Waals surface area contributed by atoms with Crippen molar-refractivity contribution in [3.8, 4) is 0 Å². The van der Waals surface area contributed by atoms with Crippen LogP contribution in [-0.2, 0) is 18.9 Å². The number of methoxy groups -OCH3 is 1. The van der Waals surface area contributed by atoms with E-state index in [0.29, 0.717) is 12.1 Å². The Labute approximate surface area is 128 Å². The predicted molar refractivity (Wildman–Crippen MR) is 80.7 cm³/mol. The number of hydrogen-bond acceptors (Lipinski definition) is 6. The molecule has 0 aromatic carbocycles. The molecule has 21 heavy (non-hydrogen) atoms. The van der Waals surface area contributed by atoms with Gasteiger partial charge in [-0.15, -0.1) is 0 Å². The van der Waals surface area contributed by atoms with E-state index in [4.69, 9.17) is 18.9 Å². The molecule has 0 aromatic rings. The summed E-state index contributed by atoms with van der Waals surface area (Å²) in [7, 11) is 1.74. The molecule has 0 bridgehead atoms. The van der Waals surface area contributed by atoms with Gasteiger partial charge in [0.15, 0.2) is 0 Å². The smallest absolute Gasteiger partial charge is 0.0645 e. The van der Waals surface area contributed by atoms with Crippen LogP contribution in [0.15, 0.2) is 0 Å². The van der Waals surface area contributed by atoms with Crippen LogP contribution in [0.2, 0.25) is 0 Å². The van der Waals surface area contributed by atoms with Gasteiger partial charge in [-0.1, -0.05) is 6.92 Å². The van der Waals surface area contributed by atoms with Gasteiger partial charge in [-0.3, -0.25) is 9.80 Å². The van der Waals surface area contributed by atoms with Crippen LogP contribution in [0.3, 0.4) is 0 Å². The molecule has 0 aromatic heterocycles. The molecule has 0 unspecified atom stereocenters. The predicted octanol–water partition coefficient (Wildman–Crippen LogP) is 0.0709. The van der Waals surface area contributed by atoms with Crippen molar-refractivity contribution in [2.75, 3.05) is 79.5 Å². The topological polar surface area (TPSA) is 43.4 Å². The Morgan fingerprint density at radius 3 is 1.95 bits per heavy atom. The molecule has 3 heterocycles. The lowest BCUT2D eigenvalue weighted by Gasteiger charge is -2.44. The van der Waals surface area contributed by atoms with Gasteiger partial charge >= 0.3 is 0 Å². The Morgan fingerprint density at radius 2 is 1.57 bits per heavy atom. The third-order valence-corrected chi connectivity index (χ3v) is 4.26. The summed E-state index contributed by atoms with van der Waals surface area (Å²) in [4.78, 5) is 4.85. The van der Waals surface area contributed by atoms with Gasteiger partial charge in [0.2, 0.25) is 0 Å². The van der Waals surface area contributed by atoms with Gasteiger partial charge in [-0.05, 0) is 6.54 Å². The van der Waals surface area contributed by atoms with Crippen molar-refractivity contribution in [1.29, 1.82) is 0 Å². The Kier molecular flexibility index (Phi) is 7.92. The second-order valence-corrected chi connectivity index (χ2v) is 5.66. The van der Waals surface area contributed by atoms with Crippen LogP contribution >= 0.6 is 0 Å². The Bertz CT molecular complexity index is 252. The van der Waals surface area contributed by atoms with E-state index in [-0.39, 0.29) is 0 Å². The van der Waals surface area contributed by atoms with Crippen molar-refractivity contribution in [3.05, 3.63) is 0 Å². The molecule has 3 aliphatic heterocycles. The molecule has 3 saturated heterocycles. The van der Waals surface area contributed by atoms with Gasteiger partial charge < -0.3 is 18.9 Å². The molecule has 6 nitrogen and oxygen atoms in total. The van der Waals surface area contributed by atoms with E-state index in [1.54, 1.807) is 7.11 Å². The summed E-state index contributed by atoms with van der Waals surface area (Å²) in [6.07, 6.45) is 0. The van der Waals surface area contributed by atoms with Crippen molar-refractivity contribution < 1.29 is 18.9 Å². The van der Waals surface area contributed by atoms with Crippen LogP contribution in [0.25, 0.3) is 0 Å². The molecular formula is C15H30N2O4. The quantitative estimate of drug-likeness (QED) is 0.692. The molecule has 0 atom stereocenters. The number of rotatable bonds is 6. The molecule has 3 fully saturated rings. The van der Waals surface area contributed by atoms with E-state index < -0.39 is 0 Å². The lowest BCUT2D eigenvalue weighted by atomic mass is 10.1. The number of likely N-dealkylation sites (N-methyl/N-ethyl adjacent to an activating group) is 1. The fraction of sp³-hybridized carbons (Fsp3) is 1.00. The highest BCUT2D eigenvalue weighted by Crippen LogP contribution is 2.18. The molecular weight excluding hydrogens is 272 g/mol. The van der Waals surface area contributed by atoms with Crippen LogP contribution in [0, 0.1) is 0 Å². The second kappa shape index (κ2) is 9.71. The number of hydrogen-bond donors (Lipinski definition) is 0. The Balaban J connectivity index is 0.000000155. The Hall–Kier alpha value is -0.240. The average molecular weight is 302 g/mol. The summed E-state index contributed by atoms with van der Waals surface area (Å²) in [5, 5.41) is 0. The monoisotopic (exact) mass is 302 g/mol. The first-order valence-corrected chi connectivity index (χ1v) is 8.05. The summed E-state index contributed by atoms with van der Waals surface area (Å²) in [6.45, 7) is 12.8. The second-order valence-electron chi connectivity index (χ2n) is 5.66. The molecule has 3 aliphatic rings. The lowest BCUT2D eigenvalue weighted by Crippen LogP contribution is -2.59. The average Bonchev–Trinajstić information content (AvgIpc) is 2.42. The van der Waals surface area contributed by atoms with E-state index in [2.05, 4.69) is 16.7 Å². The van der Waals surface area contributed by atoms with Gasteiger partial charge in [0.05, 0.1) is 58.3 Å². The van der Waals surface area contributed by atoms with Crippen LogP contribution in [0.1, 0.15) is 6.92 Å². The number of morpholine rings is 1. The minimum atomic E-state index is 0.675. The summed E-state index contributed by atoms with van der Waals surface area (Å²) in [6, 6.07) is 1.35. The summed E-state index contributed by atoms with van der Waals surface area (Å²) in [5.41, 5.74) is 0. The van der Waals surface area contributed by atoms with Gasteiger partial charge in [0, 0.05) is 26.7 Å². The zero-order valence-corrected chi connectivity index (χ0v) is 13.5. The Morgan fingerprint density at radius 1 is 1.00 bits per heavy atom. The third-order valence-electron chi connectivity index (χ3n) is 4.26. The fourth-order valence-electron chi connectivity index (χ4n) is 2.69. The van der Waals surface area contributed by atoms with E-state index >= 15 is 0 Å². The van der Waals surface area contributed by atoms with E-state index in [1.807, 2.05) is 0 Å². The standard InChI is InChI=1S/C8H15NO2.C7H15NO2/c1-2-9(7-3-10-4-7)8-5-11-6-8;1-9-5-2-8-3-6-10-7-4-8/h7-8H,2-6H2,1H3;2-7H2,1H3. The van der Waals surface area contributed by atoms with Crippen LogP contribution in [-0.4, -0.2) is 101 Å². The van der Waals surface area contributed by atoms with E-state index in [0.717, 1.165) is 72.4 Å². The highest BCUT2D eigenvalue weighted by atomic mass is 16.5. The molecule has 0 spiro atoms. The number of ether oxygens (including phenoxy) is 4. The highest BCUT2D eigenvalue weighted by molar-refractivity contribution is 4.85. The highest BCUT2D eigenvalue weighted by Gasteiger charge is 2.33. The van der Waals surface area contributed by atoms with Gasteiger partial charge in [-0.25, -0.2) is 0 Å². The first-order valence-electron chi connectivity index (χ1n) is 8.05. The first-order chi connectivity index (χ1) is 10.3. The van der Waals surface area contributed by atoms with Gasteiger partial charge in [0.1, 0.15) is 0 Å². The van der Waals surface area contributed by atoms with Crippen molar-refractivity contribution in [2.24, 2.45) is 0 Å². The minimum absolute atomic E-state index is 0.675. The summed E-state index contributed by atoms with van der Waals surface area (Å²) < 4.78 is 20.5. The lowest BCUT2D eigenvalue weighted by molar-refractivity contribution is -0.135. The van der Waals surface area contributed by atoms with Crippen molar-refractivity contribution in [1.82, 2.24) is 9.80 Å². The molecule has 0 N–H and O–H groups in total. The van der Waals surface area contributed by atoms with Crippen LogP contribution < -0.4 is 0 Å². The summed E-state index contributed by atoms with van der Waals surface area (Å²) >= 11 is 0. The molecule has 6 heteroatoms. The van der Waals surface area contributed by atoms with Crippen molar-refractivity contribution in [3.63, 3.8) is 0 Å². The maximum Gasteiger partial charge on any atom is 0.0645 e. The SMILES string of the molecule is CCN(C1COC1)C1COC1.COCCN1CCOCC1. The third kappa shape index (κ3) is 5.47. The van der Waals surface area contributed by atoms with Gasteiger partial charge in [-0.2, -0.15) is 0 Å². The molecule has 124 valence electrons. The molecule has 0 radical (unpaired) electrons. The molecule has 0 saturated carbocycles. The van der Waals surface area contributed by atoms with Crippen LogP contribution in [0.5, 0.6) is 0 Å². The molecule has 0 aliphatic carbocycles. The largest absolute Gasteiger partial charge is 0.383 e. The van der Waals surface area contributed by atoms with E-state index in [1.165, 1.54) is 0 Å². The number of nitrogens with zero attached hydrogens (tertiary/aromatic N) is 2. The van der Waals surface area contributed by atoms with Crippen molar-refractivity contribution >= 4 is 0 Å². The zero-order valence-electron chi connectivity index (χ0n) is 13.5. The fourth-order valence-corrected chi connectivity index (χ4v) is 2.69. The minimum Gasteiger partial charge on any atom is -0.383 e. The zero-order chi connectivity index (χ0) is 14.9. The van der Waals surface area contributed by atoms with E-state index in [9.17, 15) is 0 Å². The summed E-state index contributed by atoms with van der Waals surface area (Å²) in [5.74, 6) is 0. The van der Waals surface area contributed by atoms with Gasteiger partial charge in [0.25, 0.3) is 0 Å². The molecule has 3 rings (SSSR count). The van der Waals surface area contributed by atoms with Crippen molar-refractivity contribution in [2.45, 2.75) is 19.0 Å². The normalized spacial score (nSPS) is 24.1.